The number of aliphatic carboxylic acids is 1. The Morgan fingerprint density at radius 3 is 2.28 bits per heavy atom. The van der Waals surface area contributed by atoms with Crippen LogP contribution in [0.3, 0.4) is 0 Å². The van der Waals surface area contributed by atoms with Gasteiger partial charge in [-0.05, 0) is 49.7 Å². The van der Waals surface area contributed by atoms with Crippen molar-refractivity contribution in [3.05, 3.63) is 59.7 Å². The molecule has 0 heterocycles. The molecule has 0 aliphatic rings. The van der Waals surface area contributed by atoms with Crippen molar-refractivity contribution in [1.82, 2.24) is 0 Å². The Hall–Kier alpha value is -3.08. The fraction of sp³-hybridized carbons (Fsp3) is 0.364. The maximum absolute atomic E-state index is 11.3. The first-order valence-corrected chi connectivity index (χ1v) is 9.28. The number of benzene rings is 2. The van der Waals surface area contributed by atoms with Gasteiger partial charge in [-0.2, -0.15) is 5.26 Å². The Morgan fingerprint density at radius 1 is 1.07 bits per heavy atom. The maximum Gasteiger partial charge on any atom is 0.333 e. The lowest BCUT2D eigenvalue weighted by Gasteiger charge is -2.17. The van der Waals surface area contributed by atoms with Crippen LogP contribution in [0.2, 0.25) is 0 Å². The molecule has 0 aliphatic heterocycles. The van der Waals surface area contributed by atoms with E-state index in [0.717, 1.165) is 5.56 Å². The van der Waals surface area contributed by atoms with Gasteiger partial charge in [0.1, 0.15) is 30.8 Å². The highest BCUT2D eigenvalue weighted by atomic mass is 16.5. The third-order valence-corrected chi connectivity index (χ3v) is 3.88. The second-order valence-electron chi connectivity index (χ2n) is 6.78. The van der Waals surface area contributed by atoms with Crippen LogP contribution in [-0.4, -0.2) is 47.7 Å². The van der Waals surface area contributed by atoms with Crippen molar-refractivity contribution < 1.29 is 29.2 Å². The van der Waals surface area contributed by atoms with E-state index in [1.807, 2.05) is 6.07 Å². The number of ether oxygens (including phenoxy) is 3. The molecule has 2 N–H and O–H groups in total. The molecule has 2 aromatic rings. The van der Waals surface area contributed by atoms with Gasteiger partial charge in [-0.25, -0.2) is 4.79 Å². The van der Waals surface area contributed by atoms with E-state index in [2.05, 4.69) is 0 Å². The number of aliphatic hydroxyl groups is 1. The molecule has 2 atom stereocenters. The predicted molar refractivity (Wildman–Crippen MR) is 106 cm³/mol. The van der Waals surface area contributed by atoms with Crippen LogP contribution in [-0.2, 0) is 16.0 Å². The Morgan fingerprint density at radius 2 is 1.69 bits per heavy atom. The molecule has 2 unspecified atom stereocenters. The largest absolute Gasteiger partial charge is 0.491 e. The summed E-state index contributed by atoms with van der Waals surface area (Å²) in [5, 5.41) is 28.3. The van der Waals surface area contributed by atoms with Crippen LogP contribution in [0, 0.1) is 11.3 Å². The lowest BCUT2D eigenvalue weighted by molar-refractivity contribution is -0.153. The molecule has 2 rings (SSSR count). The highest BCUT2D eigenvalue weighted by Crippen LogP contribution is 2.17. The van der Waals surface area contributed by atoms with Crippen LogP contribution in [0.4, 0.5) is 0 Å². The zero-order valence-electron chi connectivity index (χ0n) is 16.4. The number of hydrogen-bond donors (Lipinski definition) is 2. The first-order chi connectivity index (χ1) is 13.9. The van der Waals surface area contributed by atoms with Crippen molar-refractivity contribution in [2.45, 2.75) is 38.6 Å². The molecule has 0 radical (unpaired) electrons. The highest BCUT2D eigenvalue weighted by molar-refractivity contribution is 5.72. The Labute approximate surface area is 170 Å². The van der Waals surface area contributed by atoms with Crippen LogP contribution in [0.15, 0.2) is 48.5 Å². The average molecular weight is 399 g/mol. The summed E-state index contributed by atoms with van der Waals surface area (Å²) in [5.74, 6) is -0.00487. The molecule has 7 heteroatoms. The number of nitriles is 1. The first-order valence-electron chi connectivity index (χ1n) is 9.28. The number of carbonyl (C=O) groups is 1. The van der Waals surface area contributed by atoms with E-state index in [-0.39, 0.29) is 25.7 Å². The fourth-order valence-corrected chi connectivity index (χ4v) is 2.59. The summed E-state index contributed by atoms with van der Waals surface area (Å²) < 4.78 is 16.5. The molecule has 0 aliphatic carbocycles. The normalized spacial score (nSPS) is 12.8. The topological polar surface area (TPSA) is 109 Å². The molecule has 0 fully saturated rings. The third kappa shape index (κ3) is 7.82. The molecule has 154 valence electrons. The van der Waals surface area contributed by atoms with Gasteiger partial charge in [-0.1, -0.05) is 18.2 Å². The zero-order valence-corrected chi connectivity index (χ0v) is 16.4. The number of aliphatic hydroxyl groups excluding tert-OH is 1. The number of carboxylic acid groups (broad SMARTS) is 1. The van der Waals surface area contributed by atoms with Gasteiger partial charge in [-0.3, -0.25) is 0 Å². The lowest BCUT2D eigenvalue weighted by atomic mass is 10.1. The lowest BCUT2D eigenvalue weighted by Crippen LogP contribution is -2.29. The molecule has 2 aromatic carbocycles. The van der Waals surface area contributed by atoms with Crippen molar-refractivity contribution >= 4 is 5.97 Å². The van der Waals surface area contributed by atoms with Crippen molar-refractivity contribution in [3.63, 3.8) is 0 Å². The number of rotatable bonds is 11. The van der Waals surface area contributed by atoms with E-state index >= 15 is 0 Å². The summed E-state index contributed by atoms with van der Waals surface area (Å²) in [6.07, 6.45) is -1.79. The molecule has 0 amide bonds. The van der Waals surface area contributed by atoms with Crippen LogP contribution >= 0.6 is 0 Å². The van der Waals surface area contributed by atoms with E-state index in [1.165, 1.54) is 0 Å². The van der Waals surface area contributed by atoms with Gasteiger partial charge in [0.15, 0.2) is 6.10 Å². The smallest absolute Gasteiger partial charge is 0.333 e. The van der Waals surface area contributed by atoms with Gasteiger partial charge < -0.3 is 24.4 Å². The average Bonchev–Trinajstić information content (AvgIpc) is 2.70. The maximum atomic E-state index is 11.3. The van der Waals surface area contributed by atoms with Gasteiger partial charge in [0.25, 0.3) is 0 Å². The van der Waals surface area contributed by atoms with E-state index in [9.17, 15) is 15.0 Å². The summed E-state index contributed by atoms with van der Waals surface area (Å²) in [6.45, 7) is 3.59. The van der Waals surface area contributed by atoms with Gasteiger partial charge in [0.2, 0.25) is 0 Å². The standard InChI is InChI=1S/C22H25NO6/c1-15(2)29-21(22(25)26)11-16-5-3-7-19(9-16)27-13-18(24)14-28-20-8-4-6-17(10-20)12-23/h3-10,15,18,21,24H,11,13-14H2,1-2H3,(H,25,26). The Bertz CT molecular complexity index is 845. The van der Waals surface area contributed by atoms with Gasteiger partial charge in [0.05, 0.1) is 17.7 Å². The quantitative estimate of drug-likeness (QED) is 0.598. The van der Waals surface area contributed by atoms with E-state index in [4.69, 9.17) is 19.5 Å². The molecule has 7 nitrogen and oxygen atoms in total. The van der Waals surface area contributed by atoms with Crippen molar-refractivity contribution in [2.75, 3.05) is 13.2 Å². The number of hydrogen-bond acceptors (Lipinski definition) is 6. The molecule has 0 saturated carbocycles. The van der Waals surface area contributed by atoms with Crippen LogP contribution in [0.1, 0.15) is 25.0 Å². The summed E-state index contributed by atoms with van der Waals surface area (Å²) in [4.78, 5) is 11.3. The third-order valence-electron chi connectivity index (χ3n) is 3.88. The fourth-order valence-electron chi connectivity index (χ4n) is 2.59. The monoisotopic (exact) mass is 399 g/mol. The van der Waals surface area contributed by atoms with E-state index in [0.29, 0.717) is 17.1 Å². The van der Waals surface area contributed by atoms with Gasteiger partial charge >= 0.3 is 5.97 Å². The second kappa shape index (κ2) is 11.1. The second-order valence-corrected chi connectivity index (χ2v) is 6.78. The predicted octanol–water partition coefficient (Wildman–Crippen LogP) is 2.80. The SMILES string of the molecule is CC(C)OC(Cc1cccc(OCC(O)COc2cccc(C#N)c2)c1)C(=O)O. The molecule has 29 heavy (non-hydrogen) atoms. The minimum atomic E-state index is -1.02. The van der Waals surface area contributed by atoms with Crippen molar-refractivity contribution in [2.24, 2.45) is 0 Å². The van der Waals surface area contributed by atoms with Gasteiger partial charge in [0, 0.05) is 6.42 Å². The van der Waals surface area contributed by atoms with Crippen LogP contribution < -0.4 is 9.47 Å². The minimum absolute atomic E-state index is 0.00620. The summed E-state index contributed by atoms with van der Waals surface area (Å²) in [6, 6.07) is 15.7. The first kappa shape index (κ1) is 22.2. The molecule has 0 spiro atoms. The van der Waals surface area contributed by atoms with Crippen molar-refractivity contribution in [3.8, 4) is 17.6 Å². The van der Waals surface area contributed by atoms with E-state index in [1.54, 1.807) is 62.4 Å². The molecule has 0 aromatic heterocycles. The molecular weight excluding hydrogens is 374 g/mol. The van der Waals surface area contributed by atoms with E-state index < -0.39 is 18.2 Å². The molecule has 0 bridgehead atoms. The zero-order chi connectivity index (χ0) is 21.2. The highest BCUT2D eigenvalue weighted by Gasteiger charge is 2.20. The van der Waals surface area contributed by atoms with Crippen LogP contribution in [0.5, 0.6) is 11.5 Å². The molecule has 0 saturated heterocycles. The minimum Gasteiger partial charge on any atom is -0.491 e. The number of carboxylic acids is 1. The summed E-state index contributed by atoms with van der Waals surface area (Å²) >= 11 is 0. The number of nitrogens with zero attached hydrogens (tertiary/aromatic N) is 1. The Balaban J connectivity index is 1.86. The summed E-state index contributed by atoms with van der Waals surface area (Å²) in [7, 11) is 0. The van der Waals surface area contributed by atoms with Crippen LogP contribution in [0.25, 0.3) is 0 Å². The van der Waals surface area contributed by atoms with Crippen molar-refractivity contribution in [1.29, 1.82) is 5.26 Å². The summed E-state index contributed by atoms with van der Waals surface area (Å²) in [5.41, 5.74) is 1.24. The molecular formula is C22H25NO6. The Kier molecular flexibility index (Phi) is 8.46. The van der Waals surface area contributed by atoms with Gasteiger partial charge in [-0.15, -0.1) is 0 Å².